The minimum absolute atomic E-state index is 0.00247. The molecular weight excluding hydrogens is 336 g/mol. The molecule has 3 N–H and O–H groups in total. The van der Waals surface area contributed by atoms with Gasteiger partial charge in [0, 0.05) is 25.1 Å². The van der Waals surface area contributed by atoms with Crippen molar-refractivity contribution in [2.45, 2.75) is 33.1 Å². The molecule has 0 aliphatic heterocycles. The van der Waals surface area contributed by atoms with E-state index in [0.29, 0.717) is 23.9 Å². The lowest BCUT2D eigenvalue weighted by Gasteiger charge is -2.08. The van der Waals surface area contributed by atoms with Crippen LogP contribution in [0.15, 0.2) is 29.4 Å². The number of methoxy groups -OCH3 is 1. The van der Waals surface area contributed by atoms with Gasteiger partial charge in [0.05, 0.1) is 13.0 Å². The lowest BCUT2D eigenvalue weighted by atomic mass is 10.0. The number of ether oxygens (including phenoxy) is 1. The molecule has 0 aliphatic carbocycles. The summed E-state index contributed by atoms with van der Waals surface area (Å²) >= 11 is 0. The number of carbonyl (C=O) groups excluding carboxylic acids is 3. The minimum Gasteiger partial charge on any atom is -0.383 e. The number of hydrazone groups is 1. The monoisotopic (exact) mass is 362 g/mol. The fourth-order valence-electron chi connectivity index (χ4n) is 1.97. The second kappa shape index (κ2) is 11.0. The van der Waals surface area contributed by atoms with E-state index in [9.17, 15) is 14.4 Å². The zero-order valence-corrected chi connectivity index (χ0v) is 15.6. The minimum atomic E-state index is -0.898. The van der Waals surface area contributed by atoms with Crippen molar-refractivity contribution in [3.05, 3.63) is 29.8 Å². The number of nitrogens with one attached hydrogen (secondary N) is 3. The Bertz CT molecular complexity index is 654. The first-order valence-corrected chi connectivity index (χ1v) is 8.33. The topological polar surface area (TPSA) is 109 Å². The Morgan fingerprint density at radius 1 is 1.12 bits per heavy atom. The Morgan fingerprint density at radius 3 is 2.35 bits per heavy atom. The van der Waals surface area contributed by atoms with Crippen LogP contribution in [0.1, 0.15) is 38.7 Å². The molecule has 142 valence electrons. The van der Waals surface area contributed by atoms with Crippen molar-refractivity contribution in [2.75, 3.05) is 25.6 Å². The third kappa shape index (κ3) is 7.89. The largest absolute Gasteiger partial charge is 0.383 e. The van der Waals surface area contributed by atoms with Crippen molar-refractivity contribution in [2.24, 2.45) is 5.10 Å². The molecule has 3 amide bonds. The van der Waals surface area contributed by atoms with Gasteiger partial charge in [-0.05, 0) is 30.5 Å². The van der Waals surface area contributed by atoms with Gasteiger partial charge in [0.2, 0.25) is 5.91 Å². The molecule has 0 heterocycles. The molecule has 8 nitrogen and oxygen atoms in total. The van der Waals surface area contributed by atoms with Crippen LogP contribution in [-0.2, 0) is 19.1 Å². The van der Waals surface area contributed by atoms with Crippen molar-refractivity contribution in [1.29, 1.82) is 0 Å². The zero-order valence-electron chi connectivity index (χ0n) is 15.6. The molecule has 0 saturated carbocycles. The van der Waals surface area contributed by atoms with Gasteiger partial charge in [-0.3, -0.25) is 14.4 Å². The first-order valence-electron chi connectivity index (χ1n) is 8.33. The van der Waals surface area contributed by atoms with E-state index in [0.717, 1.165) is 0 Å². The molecule has 8 heteroatoms. The van der Waals surface area contributed by atoms with Crippen molar-refractivity contribution >= 4 is 29.1 Å². The number of carbonyl (C=O) groups is 3. The summed E-state index contributed by atoms with van der Waals surface area (Å²) in [6, 6.07) is 7.60. The molecule has 1 rings (SSSR count). The third-order valence-electron chi connectivity index (χ3n) is 3.42. The van der Waals surface area contributed by atoms with E-state index in [4.69, 9.17) is 4.74 Å². The van der Waals surface area contributed by atoms with Crippen LogP contribution < -0.4 is 16.1 Å². The molecule has 0 unspecified atom stereocenters. The number of anilines is 1. The maximum atomic E-state index is 12.0. The summed E-state index contributed by atoms with van der Waals surface area (Å²) in [5.74, 6) is -1.55. The fraction of sp³-hybridized carbons (Fsp3) is 0.444. The molecular formula is C18H26N4O4. The van der Waals surface area contributed by atoms with E-state index in [-0.39, 0.29) is 18.9 Å². The predicted octanol–water partition coefficient (Wildman–Crippen LogP) is 1.39. The molecule has 0 fully saturated rings. The smallest absolute Gasteiger partial charge is 0.329 e. The van der Waals surface area contributed by atoms with E-state index >= 15 is 0 Å². The number of hydrogen-bond donors (Lipinski definition) is 3. The van der Waals surface area contributed by atoms with E-state index in [1.54, 1.807) is 6.92 Å². The molecule has 26 heavy (non-hydrogen) atoms. The number of amides is 3. The number of rotatable bonds is 8. The Balaban J connectivity index is 2.44. The van der Waals surface area contributed by atoms with E-state index < -0.39 is 11.8 Å². The molecule has 1 aromatic rings. The van der Waals surface area contributed by atoms with Crippen LogP contribution >= 0.6 is 0 Å². The summed E-state index contributed by atoms with van der Waals surface area (Å²) in [6.07, 6.45) is -0.00247. The summed E-state index contributed by atoms with van der Waals surface area (Å²) in [4.78, 5) is 35.0. The third-order valence-corrected chi connectivity index (χ3v) is 3.42. The van der Waals surface area contributed by atoms with Crippen molar-refractivity contribution in [1.82, 2.24) is 10.7 Å². The van der Waals surface area contributed by atoms with Crippen LogP contribution in [0.4, 0.5) is 5.69 Å². The average Bonchev–Trinajstić information content (AvgIpc) is 2.60. The highest BCUT2D eigenvalue weighted by molar-refractivity contribution is 6.35. The molecule has 0 saturated heterocycles. The summed E-state index contributed by atoms with van der Waals surface area (Å²) < 4.78 is 4.76. The second-order valence-electron chi connectivity index (χ2n) is 6.04. The Hall–Kier alpha value is -2.74. The molecule has 0 bridgehead atoms. The molecule has 0 spiro atoms. The quantitative estimate of drug-likeness (QED) is 0.281. The van der Waals surface area contributed by atoms with Crippen LogP contribution in [-0.4, -0.2) is 43.7 Å². The average molecular weight is 362 g/mol. The van der Waals surface area contributed by atoms with Crippen molar-refractivity contribution in [3.63, 3.8) is 0 Å². The van der Waals surface area contributed by atoms with Crippen LogP contribution in [0, 0.1) is 0 Å². The van der Waals surface area contributed by atoms with Crippen LogP contribution in [0.25, 0.3) is 0 Å². The van der Waals surface area contributed by atoms with Gasteiger partial charge >= 0.3 is 11.8 Å². The Kier molecular flexibility index (Phi) is 9.00. The van der Waals surface area contributed by atoms with Gasteiger partial charge in [-0.1, -0.05) is 26.0 Å². The van der Waals surface area contributed by atoms with Crippen molar-refractivity contribution < 1.29 is 19.1 Å². The highest BCUT2D eigenvalue weighted by Crippen LogP contribution is 2.17. The number of hydrogen-bond acceptors (Lipinski definition) is 5. The van der Waals surface area contributed by atoms with Gasteiger partial charge in [-0.15, -0.1) is 0 Å². The van der Waals surface area contributed by atoms with Crippen LogP contribution in [0.5, 0.6) is 0 Å². The number of benzene rings is 1. The van der Waals surface area contributed by atoms with Gasteiger partial charge in [0.25, 0.3) is 0 Å². The second-order valence-corrected chi connectivity index (χ2v) is 6.04. The molecule has 0 radical (unpaired) electrons. The van der Waals surface area contributed by atoms with Gasteiger partial charge in [-0.25, -0.2) is 5.43 Å². The van der Waals surface area contributed by atoms with E-state index in [2.05, 4.69) is 35.0 Å². The molecule has 0 aromatic heterocycles. The molecule has 1 aromatic carbocycles. The molecule has 0 aliphatic rings. The first-order chi connectivity index (χ1) is 12.3. The maximum absolute atomic E-state index is 12.0. The predicted molar refractivity (Wildman–Crippen MR) is 99.9 cm³/mol. The van der Waals surface area contributed by atoms with E-state index in [1.807, 2.05) is 24.3 Å². The Labute approximate surface area is 153 Å². The lowest BCUT2D eigenvalue weighted by Crippen LogP contribution is -2.39. The fourth-order valence-corrected chi connectivity index (χ4v) is 1.97. The lowest BCUT2D eigenvalue weighted by molar-refractivity contribution is -0.139. The summed E-state index contributed by atoms with van der Waals surface area (Å²) in [5, 5.41) is 8.88. The Morgan fingerprint density at radius 2 is 1.77 bits per heavy atom. The van der Waals surface area contributed by atoms with E-state index in [1.165, 1.54) is 12.7 Å². The summed E-state index contributed by atoms with van der Waals surface area (Å²) in [6.45, 7) is 6.31. The SMILES string of the molecule is COCCNC(=O)C(=O)N/N=C(\C)CC(=O)Nc1ccc(C(C)C)cc1. The normalized spacial score (nSPS) is 11.2. The zero-order chi connectivity index (χ0) is 19.5. The number of nitrogens with zero attached hydrogens (tertiary/aromatic N) is 1. The molecule has 0 atom stereocenters. The highest BCUT2D eigenvalue weighted by Gasteiger charge is 2.12. The van der Waals surface area contributed by atoms with Crippen LogP contribution in [0.2, 0.25) is 0 Å². The summed E-state index contributed by atoms with van der Waals surface area (Å²) in [5.41, 5.74) is 4.36. The maximum Gasteiger partial charge on any atom is 0.329 e. The highest BCUT2D eigenvalue weighted by atomic mass is 16.5. The summed E-state index contributed by atoms with van der Waals surface area (Å²) in [7, 11) is 1.49. The van der Waals surface area contributed by atoms with Crippen molar-refractivity contribution in [3.8, 4) is 0 Å². The van der Waals surface area contributed by atoms with Gasteiger partial charge in [0.1, 0.15) is 0 Å². The van der Waals surface area contributed by atoms with Gasteiger partial charge in [-0.2, -0.15) is 5.10 Å². The van der Waals surface area contributed by atoms with Crippen LogP contribution in [0.3, 0.4) is 0 Å². The first kappa shape index (κ1) is 21.3. The van der Waals surface area contributed by atoms with Gasteiger partial charge < -0.3 is 15.4 Å². The van der Waals surface area contributed by atoms with Gasteiger partial charge in [0.15, 0.2) is 0 Å². The standard InChI is InChI=1S/C18H26N4O4/c1-12(2)14-5-7-15(8-6-14)20-16(23)11-13(3)21-22-18(25)17(24)19-9-10-26-4/h5-8,12H,9-11H2,1-4H3,(H,19,24)(H,20,23)(H,22,25)/b21-13+.